The zero-order valence-electron chi connectivity index (χ0n) is 12.3. The predicted molar refractivity (Wildman–Crippen MR) is 82.6 cm³/mol. The van der Waals surface area contributed by atoms with Gasteiger partial charge in [-0.15, -0.1) is 0 Å². The molecule has 0 spiro atoms. The minimum atomic E-state index is 0.629. The Morgan fingerprint density at radius 2 is 2.05 bits per heavy atom. The van der Waals surface area contributed by atoms with Gasteiger partial charge in [0.1, 0.15) is 5.82 Å². The van der Waals surface area contributed by atoms with E-state index in [2.05, 4.69) is 53.4 Å². The first kappa shape index (κ1) is 13.4. The van der Waals surface area contributed by atoms with Gasteiger partial charge in [0.15, 0.2) is 0 Å². The minimum Gasteiger partial charge on any atom is -0.341 e. The zero-order valence-corrected chi connectivity index (χ0v) is 12.3. The maximum absolute atomic E-state index is 4.45. The fourth-order valence-electron chi connectivity index (χ4n) is 2.35. The lowest BCUT2D eigenvalue weighted by Crippen LogP contribution is -2.16. The van der Waals surface area contributed by atoms with Gasteiger partial charge in [-0.3, -0.25) is 0 Å². The van der Waals surface area contributed by atoms with E-state index in [9.17, 15) is 0 Å². The monoisotopic (exact) mass is 269 g/mol. The molecule has 1 saturated carbocycles. The van der Waals surface area contributed by atoms with Crippen LogP contribution in [0.1, 0.15) is 50.4 Å². The van der Waals surface area contributed by atoms with Crippen LogP contribution in [0.25, 0.3) is 11.3 Å². The van der Waals surface area contributed by atoms with Gasteiger partial charge in [-0.1, -0.05) is 38.1 Å². The van der Waals surface area contributed by atoms with Crippen molar-refractivity contribution in [1.29, 1.82) is 0 Å². The molecule has 0 radical (unpaired) electrons. The first-order chi connectivity index (χ1) is 9.76. The van der Waals surface area contributed by atoms with Crippen LogP contribution in [0.5, 0.6) is 0 Å². The molecule has 1 aromatic carbocycles. The average molecular weight is 269 g/mol. The highest BCUT2D eigenvalue weighted by Gasteiger charge is 2.20. The molecule has 0 bridgehead atoms. The molecule has 20 heavy (non-hydrogen) atoms. The smallest absolute Gasteiger partial charge is 0.120 e. The lowest BCUT2D eigenvalue weighted by atomic mass is 9.97. The molecule has 3 nitrogen and oxygen atoms in total. The van der Waals surface area contributed by atoms with Crippen LogP contribution in [0.15, 0.2) is 30.5 Å². The Balaban J connectivity index is 1.68. The number of H-pyrrole nitrogens is 1. The molecule has 2 aromatic rings. The number of aromatic nitrogens is 2. The topological polar surface area (TPSA) is 40.7 Å². The lowest BCUT2D eigenvalue weighted by molar-refractivity contribution is 0.664. The normalized spacial score (nSPS) is 16.3. The van der Waals surface area contributed by atoms with Crippen molar-refractivity contribution in [2.75, 3.05) is 0 Å². The third-order valence-electron chi connectivity index (χ3n) is 4.17. The van der Waals surface area contributed by atoms with Crippen molar-refractivity contribution < 1.29 is 0 Å². The van der Waals surface area contributed by atoms with Crippen molar-refractivity contribution in [3.8, 4) is 11.3 Å². The van der Waals surface area contributed by atoms with E-state index in [4.69, 9.17) is 0 Å². The third kappa shape index (κ3) is 3.10. The summed E-state index contributed by atoms with van der Waals surface area (Å²) in [6.45, 7) is 5.34. The summed E-state index contributed by atoms with van der Waals surface area (Å²) in [6.07, 6.45) is 5.73. The Morgan fingerprint density at radius 1 is 1.30 bits per heavy atom. The Morgan fingerprint density at radius 3 is 2.70 bits per heavy atom. The van der Waals surface area contributed by atoms with Crippen molar-refractivity contribution in [3.05, 3.63) is 41.9 Å². The number of imidazole rings is 1. The fraction of sp³-hybridized carbons (Fsp3) is 0.471. The Bertz CT molecular complexity index is 552. The number of nitrogens with zero attached hydrogens (tertiary/aromatic N) is 1. The average Bonchev–Trinajstić information content (AvgIpc) is 3.21. The second-order valence-corrected chi connectivity index (χ2v) is 5.83. The van der Waals surface area contributed by atoms with E-state index in [1.807, 2.05) is 6.20 Å². The highest BCUT2D eigenvalue weighted by molar-refractivity contribution is 5.59. The standard InChI is InChI=1S/C17H23N3/c1-3-12(2)13-4-6-14(7-5-13)16-10-19-17(20-16)11-18-15-8-9-15/h4-7,10,12,15,18H,3,8-9,11H2,1-2H3,(H,19,20). The molecule has 1 aromatic heterocycles. The van der Waals surface area contributed by atoms with Crippen LogP contribution in [0, 0.1) is 0 Å². The maximum Gasteiger partial charge on any atom is 0.120 e. The van der Waals surface area contributed by atoms with Crippen LogP contribution in [0.2, 0.25) is 0 Å². The van der Waals surface area contributed by atoms with Gasteiger partial charge in [-0.25, -0.2) is 4.98 Å². The number of aromatic amines is 1. The van der Waals surface area contributed by atoms with Gasteiger partial charge in [-0.05, 0) is 36.3 Å². The molecule has 1 heterocycles. The van der Waals surface area contributed by atoms with Crippen LogP contribution in [-0.2, 0) is 6.54 Å². The molecule has 2 N–H and O–H groups in total. The van der Waals surface area contributed by atoms with Gasteiger partial charge in [0, 0.05) is 6.04 Å². The molecule has 1 aliphatic carbocycles. The van der Waals surface area contributed by atoms with Gasteiger partial charge in [-0.2, -0.15) is 0 Å². The number of benzene rings is 1. The Kier molecular flexibility index (Phi) is 3.88. The largest absolute Gasteiger partial charge is 0.341 e. The highest BCUT2D eigenvalue weighted by atomic mass is 15.0. The summed E-state index contributed by atoms with van der Waals surface area (Å²) in [5.74, 6) is 1.65. The third-order valence-corrected chi connectivity index (χ3v) is 4.17. The summed E-state index contributed by atoms with van der Waals surface area (Å²) >= 11 is 0. The lowest BCUT2D eigenvalue weighted by Gasteiger charge is -2.09. The van der Waals surface area contributed by atoms with Gasteiger partial charge in [0.25, 0.3) is 0 Å². The summed E-state index contributed by atoms with van der Waals surface area (Å²) in [5, 5.41) is 3.48. The molecular weight excluding hydrogens is 246 g/mol. The minimum absolute atomic E-state index is 0.629. The Hall–Kier alpha value is -1.61. The SMILES string of the molecule is CCC(C)c1ccc(-c2cnc(CNC3CC3)[nH]2)cc1. The molecule has 1 aliphatic rings. The summed E-state index contributed by atoms with van der Waals surface area (Å²) in [5.41, 5.74) is 3.72. The van der Waals surface area contributed by atoms with Crippen molar-refractivity contribution in [2.24, 2.45) is 0 Å². The van der Waals surface area contributed by atoms with Gasteiger partial charge in [0.2, 0.25) is 0 Å². The van der Waals surface area contributed by atoms with Gasteiger partial charge in [0.05, 0.1) is 18.4 Å². The fourth-order valence-corrected chi connectivity index (χ4v) is 2.35. The number of rotatable bonds is 6. The first-order valence-corrected chi connectivity index (χ1v) is 7.64. The zero-order chi connectivity index (χ0) is 13.9. The summed E-state index contributed by atoms with van der Waals surface area (Å²) in [7, 11) is 0. The molecule has 1 atom stereocenters. The van der Waals surface area contributed by atoms with Crippen LogP contribution in [-0.4, -0.2) is 16.0 Å². The van der Waals surface area contributed by atoms with Crippen molar-refractivity contribution in [3.63, 3.8) is 0 Å². The van der Waals surface area contributed by atoms with Crippen LogP contribution in [0.3, 0.4) is 0 Å². The highest BCUT2D eigenvalue weighted by Crippen LogP contribution is 2.23. The van der Waals surface area contributed by atoms with E-state index in [0.717, 1.165) is 24.1 Å². The molecule has 1 unspecified atom stereocenters. The summed E-state index contributed by atoms with van der Waals surface area (Å²) in [6, 6.07) is 9.55. The summed E-state index contributed by atoms with van der Waals surface area (Å²) in [4.78, 5) is 7.85. The van der Waals surface area contributed by atoms with Gasteiger partial charge >= 0.3 is 0 Å². The quantitative estimate of drug-likeness (QED) is 0.836. The summed E-state index contributed by atoms with van der Waals surface area (Å²) < 4.78 is 0. The van der Waals surface area contributed by atoms with Crippen molar-refractivity contribution in [1.82, 2.24) is 15.3 Å². The predicted octanol–water partition coefficient (Wildman–Crippen LogP) is 3.84. The molecule has 0 saturated heterocycles. The second-order valence-electron chi connectivity index (χ2n) is 5.83. The van der Waals surface area contributed by atoms with E-state index < -0.39 is 0 Å². The molecule has 1 fully saturated rings. The number of nitrogens with one attached hydrogen (secondary N) is 2. The molecule has 0 amide bonds. The van der Waals surface area contributed by atoms with Crippen molar-refractivity contribution >= 4 is 0 Å². The van der Waals surface area contributed by atoms with E-state index in [-0.39, 0.29) is 0 Å². The van der Waals surface area contributed by atoms with Crippen molar-refractivity contribution in [2.45, 2.75) is 51.6 Å². The molecule has 3 rings (SSSR count). The molecular formula is C17H23N3. The van der Waals surface area contributed by atoms with Gasteiger partial charge < -0.3 is 10.3 Å². The molecule has 0 aliphatic heterocycles. The van der Waals surface area contributed by atoms with E-state index in [1.165, 1.54) is 30.4 Å². The second kappa shape index (κ2) is 5.80. The van der Waals surface area contributed by atoms with E-state index >= 15 is 0 Å². The van der Waals surface area contributed by atoms with Crippen LogP contribution < -0.4 is 5.32 Å². The maximum atomic E-state index is 4.45. The van der Waals surface area contributed by atoms with E-state index in [0.29, 0.717) is 5.92 Å². The van der Waals surface area contributed by atoms with Crippen LogP contribution >= 0.6 is 0 Å². The molecule has 106 valence electrons. The van der Waals surface area contributed by atoms with Crippen LogP contribution in [0.4, 0.5) is 0 Å². The number of hydrogen-bond acceptors (Lipinski definition) is 2. The first-order valence-electron chi connectivity index (χ1n) is 7.64. The number of hydrogen-bond donors (Lipinski definition) is 2. The Labute approximate surface area is 120 Å². The van der Waals surface area contributed by atoms with E-state index in [1.54, 1.807) is 0 Å². The molecule has 3 heteroatoms.